The summed E-state index contributed by atoms with van der Waals surface area (Å²) in [7, 11) is 0. The summed E-state index contributed by atoms with van der Waals surface area (Å²) in [5.74, 6) is -0.589. The van der Waals surface area contributed by atoms with Crippen molar-refractivity contribution in [3.05, 3.63) is 21.4 Å². The number of amides is 2. The summed E-state index contributed by atoms with van der Waals surface area (Å²) < 4.78 is 5.05. The first-order valence-corrected chi connectivity index (χ1v) is 9.13. The highest BCUT2D eigenvalue weighted by Crippen LogP contribution is 2.22. The van der Waals surface area contributed by atoms with Gasteiger partial charge in [0.1, 0.15) is 4.88 Å². The molecule has 6 nitrogen and oxygen atoms in total. The van der Waals surface area contributed by atoms with Crippen LogP contribution in [-0.2, 0) is 20.7 Å². The molecule has 1 aromatic heterocycles. The standard InChI is InChI=1S/C17H24N2O4S/c1-3-13-12(2)10-14(24-13)17(22)23-11-15(20)18-7-5-9-19-8-4-6-16(19)21/h10H,3-9,11H2,1-2H3,(H,18,20). The number of nitrogens with zero attached hydrogens (tertiary/aromatic N) is 1. The van der Waals surface area contributed by atoms with Crippen molar-refractivity contribution >= 4 is 29.1 Å². The van der Waals surface area contributed by atoms with Crippen LogP contribution in [0.25, 0.3) is 0 Å². The predicted molar refractivity (Wildman–Crippen MR) is 92.2 cm³/mol. The van der Waals surface area contributed by atoms with Crippen LogP contribution in [0.15, 0.2) is 6.07 Å². The number of ether oxygens (including phenoxy) is 1. The normalized spacial score (nSPS) is 14.1. The van der Waals surface area contributed by atoms with Crippen LogP contribution in [0.5, 0.6) is 0 Å². The second-order valence-corrected chi connectivity index (χ2v) is 6.97. The van der Waals surface area contributed by atoms with E-state index in [4.69, 9.17) is 4.74 Å². The minimum Gasteiger partial charge on any atom is -0.451 e. The summed E-state index contributed by atoms with van der Waals surface area (Å²) in [4.78, 5) is 38.6. The van der Waals surface area contributed by atoms with E-state index in [0.29, 0.717) is 30.8 Å². The minimum atomic E-state index is -0.458. The number of hydrogen-bond donors (Lipinski definition) is 1. The maximum absolute atomic E-state index is 11.9. The van der Waals surface area contributed by atoms with Gasteiger partial charge in [0.05, 0.1) is 0 Å². The first kappa shape index (κ1) is 18.4. The summed E-state index contributed by atoms with van der Waals surface area (Å²) in [6, 6.07) is 1.80. The molecule has 1 aliphatic rings. The molecule has 0 radical (unpaired) electrons. The first-order chi connectivity index (χ1) is 11.5. The molecule has 0 bridgehead atoms. The zero-order valence-corrected chi connectivity index (χ0v) is 15.0. The molecule has 2 heterocycles. The Morgan fingerprint density at radius 2 is 2.21 bits per heavy atom. The molecule has 1 fully saturated rings. The van der Waals surface area contributed by atoms with Gasteiger partial charge in [0, 0.05) is 30.9 Å². The second kappa shape index (κ2) is 8.82. The molecule has 0 aliphatic carbocycles. The van der Waals surface area contributed by atoms with Crippen molar-refractivity contribution in [2.24, 2.45) is 0 Å². The van der Waals surface area contributed by atoms with E-state index in [2.05, 4.69) is 5.32 Å². The van der Waals surface area contributed by atoms with Crippen LogP contribution in [0.4, 0.5) is 0 Å². The molecular formula is C17H24N2O4S. The number of rotatable bonds is 8. The SMILES string of the molecule is CCc1sc(C(=O)OCC(=O)NCCCN2CCCC2=O)cc1C. The largest absolute Gasteiger partial charge is 0.451 e. The van der Waals surface area contributed by atoms with Gasteiger partial charge in [0.15, 0.2) is 6.61 Å². The molecule has 0 aromatic carbocycles. The molecule has 2 rings (SSSR count). The van der Waals surface area contributed by atoms with Gasteiger partial charge < -0.3 is 15.0 Å². The van der Waals surface area contributed by atoms with Gasteiger partial charge in [-0.2, -0.15) is 0 Å². The molecule has 1 aromatic rings. The molecule has 24 heavy (non-hydrogen) atoms. The number of esters is 1. The van der Waals surface area contributed by atoms with Crippen LogP contribution >= 0.6 is 11.3 Å². The Hall–Kier alpha value is -1.89. The van der Waals surface area contributed by atoms with E-state index in [1.165, 1.54) is 11.3 Å². The van der Waals surface area contributed by atoms with E-state index < -0.39 is 5.97 Å². The summed E-state index contributed by atoms with van der Waals surface area (Å²) >= 11 is 1.41. The summed E-state index contributed by atoms with van der Waals surface area (Å²) in [6.45, 7) is 5.66. The van der Waals surface area contributed by atoms with Crippen molar-refractivity contribution < 1.29 is 19.1 Å². The quantitative estimate of drug-likeness (QED) is 0.573. The fourth-order valence-electron chi connectivity index (χ4n) is 2.66. The Labute approximate surface area is 146 Å². The molecule has 0 atom stereocenters. The molecule has 2 amide bonds. The third-order valence-corrected chi connectivity index (χ3v) is 5.34. The van der Waals surface area contributed by atoms with E-state index in [-0.39, 0.29) is 18.4 Å². The summed E-state index contributed by atoms with van der Waals surface area (Å²) in [5, 5.41) is 2.71. The number of nitrogens with one attached hydrogen (secondary N) is 1. The van der Waals surface area contributed by atoms with Crippen molar-refractivity contribution in [1.29, 1.82) is 0 Å². The van der Waals surface area contributed by atoms with Crippen molar-refractivity contribution in [2.45, 2.75) is 39.5 Å². The van der Waals surface area contributed by atoms with Crippen molar-refractivity contribution in [3.63, 3.8) is 0 Å². The average Bonchev–Trinajstić information content (AvgIpc) is 3.14. The van der Waals surface area contributed by atoms with Gasteiger partial charge >= 0.3 is 5.97 Å². The Bertz CT molecular complexity index is 612. The van der Waals surface area contributed by atoms with Gasteiger partial charge in [0.25, 0.3) is 5.91 Å². The van der Waals surface area contributed by atoms with E-state index in [9.17, 15) is 14.4 Å². The average molecular weight is 352 g/mol. The molecule has 0 spiro atoms. The van der Waals surface area contributed by atoms with E-state index >= 15 is 0 Å². The second-order valence-electron chi connectivity index (χ2n) is 5.83. The lowest BCUT2D eigenvalue weighted by molar-refractivity contribution is -0.127. The van der Waals surface area contributed by atoms with Crippen molar-refractivity contribution in [2.75, 3.05) is 26.2 Å². The lowest BCUT2D eigenvalue weighted by atomic mass is 10.2. The van der Waals surface area contributed by atoms with Crippen LogP contribution in [0.2, 0.25) is 0 Å². The lowest BCUT2D eigenvalue weighted by Gasteiger charge is -2.15. The summed E-state index contributed by atoms with van der Waals surface area (Å²) in [6.07, 6.45) is 3.13. The number of hydrogen-bond acceptors (Lipinski definition) is 5. The molecule has 1 saturated heterocycles. The first-order valence-electron chi connectivity index (χ1n) is 8.32. The van der Waals surface area contributed by atoms with Crippen molar-refractivity contribution in [1.82, 2.24) is 10.2 Å². The third-order valence-electron chi connectivity index (χ3n) is 3.98. The summed E-state index contributed by atoms with van der Waals surface area (Å²) in [5.41, 5.74) is 1.08. The molecule has 0 unspecified atom stereocenters. The highest BCUT2D eigenvalue weighted by Gasteiger charge is 2.19. The fourth-order valence-corrected chi connectivity index (χ4v) is 3.67. The van der Waals surface area contributed by atoms with Crippen LogP contribution < -0.4 is 5.32 Å². The van der Waals surface area contributed by atoms with E-state index in [0.717, 1.165) is 29.8 Å². The Morgan fingerprint density at radius 3 is 2.83 bits per heavy atom. The lowest BCUT2D eigenvalue weighted by Crippen LogP contribution is -2.32. The molecular weight excluding hydrogens is 328 g/mol. The van der Waals surface area contributed by atoms with Gasteiger partial charge in [-0.25, -0.2) is 4.79 Å². The van der Waals surface area contributed by atoms with Crippen LogP contribution in [0.3, 0.4) is 0 Å². The van der Waals surface area contributed by atoms with Crippen LogP contribution in [0, 0.1) is 6.92 Å². The Balaban J connectivity index is 1.63. The van der Waals surface area contributed by atoms with Gasteiger partial charge in [-0.15, -0.1) is 11.3 Å². The fraction of sp³-hybridized carbons (Fsp3) is 0.588. The maximum Gasteiger partial charge on any atom is 0.348 e. The molecule has 132 valence electrons. The molecule has 0 saturated carbocycles. The van der Waals surface area contributed by atoms with Gasteiger partial charge in [-0.3, -0.25) is 9.59 Å². The number of likely N-dealkylation sites (tertiary alicyclic amines) is 1. The van der Waals surface area contributed by atoms with Crippen molar-refractivity contribution in [3.8, 4) is 0 Å². The highest BCUT2D eigenvalue weighted by molar-refractivity contribution is 7.14. The number of thiophene rings is 1. The number of aryl methyl sites for hydroxylation is 2. The highest BCUT2D eigenvalue weighted by atomic mass is 32.1. The molecule has 7 heteroatoms. The van der Waals surface area contributed by atoms with E-state index in [1.807, 2.05) is 18.7 Å². The van der Waals surface area contributed by atoms with Crippen LogP contribution in [0.1, 0.15) is 46.3 Å². The Kier molecular flexibility index (Phi) is 6.78. The van der Waals surface area contributed by atoms with Crippen LogP contribution in [-0.4, -0.2) is 48.9 Å². The maximum atomic E-state index is 11.9. The Morgan fingerprint density at radius 1 is 1.42 bits per heavy atom. The van der Waals surface area contributed by atoms with Gasteiger partial charge in [-0.05, 0) is 37.8 Å². The number of carbonyl (C=O) groups excluding carboxylic acids is 3. The molecule has 1 aliphatic heterocycles. The predicted octanol–water partition coefficient (Wildman–Crippen LogP) is 1.90. The minimum absolute atomic E-state index is 0.188. The topological polar surface area (TPSA) is 75.7 Å². The van der Waals surface area contributed by atoms with Gasteiger partial charge in [-0.1, -0.05) is 6.92 Å². The molecule has 1 N–H and O–H groups in total. The van der Waals surface area contributed by atoms with E-state index in [1.54, 1.807) is 6.07 Å². The number of carbonyl (C=O) groups is 3. The zero-order chi connectivity index (χ0) is 17.5. The monoisotopic (exact) mass is 352 g/mol. The third kappa shape index (κ3) is 5.06. The smallest absolute Gasteiger partial charge is 0.348 e. The zero-order valence-electron chi connectivity index (χ0n) is 14.2. The van der Waals surface area contributed by atoms with Gasteiger partial charge in [0.2, 0.25) is 5.91 Å².